The number of anilines is 1. The average Bonchev–Trinajstić information content (AvgIpc) is 3.13. The van der Waals surface area contributed by atoms with E-state index in [1.54, 1.807) is 43.5 Å². The zero-order chi connectivity index (χ0) is 23.8. The fraction of sp³-hybridized carbons (Fsp3) is 0.304. The molecule has 33 heavy (non-hydrogen) atoms. The highest BCUT2D eigenvalue weighted by Gasteiger charge is 2.47. The Morgan fingerprint density at radius 1 is 1.21 bits per heavy atom. The van der Waals surface area contributed by atoms with Crippen molar-refractivity contribution in [2.24, 2.45) is 0 Å². The SMILES string of the molecule is COc1ccc(CNC(=O)c2nn3c(c2Cl)NC(c2ccc(C)cc2)CC3C(F)(F)F)cc1. The Morgan fingerprint density at radius 2 is 1.88 bits per heavy atom. The number of amides is 1. The molecule has 1 aromatic heterocycles. The second-order valence-corrected chi connectivity index (χ2v) is 8.27. The van der Waals surface area contributed by atoms with Crippen molar-refractivity contribution in [2.45, 2.75) is 38.1 Å². The van der Waals surface area contributed by atoms with E-state index in [9.17, 15) is 18.0 Å². The number of methoxy groups -OCH3 is 1. The molecule has 0 saturated heterocycles. The maximum Gasteiger partial charge on any atom is 0.410 e. The van der Waals surface area contributed by atoms with Gasteiger partial charge in [0.15, 0.2) is 11.7 Å². The molecule has 0 spiro atoms. The number of nitrogens with zero attached hydrogens (tertiary/aromatic N) is 2. The largest absolute Gasteiger partial charge is 0.497 e. The monoisotopic (exact) mass is 478 g/mol. The van der Waals surface area contributed by atoms with Gasteiger partial charge in [0, 0.05) is 13.0 Å². The van der Waals surface area contributed by atoms with Gasteiger partial charge < -0.3 is 15.4 Å². The Labute approximate surface area is 193 Å². The van der Waals surface area contributed by atoms with Gasteiger partial charge in [-0.2, -0.15) is 18.3 Å². The van der Waals surface area contributed by atoms with Gasteiger partial charge in [0.1, 0.15) is 16.6 Å². The summed E-state index contributed by atoms with van der Waals surface area (Å²) in [5.41, 5.74) is 2.23. The molecule has 1 aliphatic rings. The number of nitrogens with one attached hydrogen (secondary N) is 2. The molecule has 2 N–H and O–H groups in total. The third kappa shape index (κ3) is 4.78. The summed E-state index contributed by atoms with van der Waals surface area (Å²) in [6.45, 7) is 2.06. The van der Waals surface area contributed by atoms with Gasteiger partial charge in [0.25, 0.3) is 5.91 Å². The molecule has 6 nitrogen and oxygen atoms in total. The van der Waals surface area contributed by atoms with Gasteiger partial charge in [-0.3, -0.25) is 4.79 Å². The van der Waals surface area contributed by atoms with E-state index in [1.165, 1.54) is 0 Å². The van der Waals surface area contributed by atoms with E-state index in [2.05, 4.69) is 15.7 Å². The lowest BCUT2D eigenvalue weighted by atomic mass is 9.96. The molecule has 1 amide bonds. The number of ether oxygens (including phenoxy) is 1. The van der Waals surface area contributed by atoms with Crippen LogP contribution in [0.4, 0.5) is 19.0 Å². The molecule has 3 aromatic rings. The number of hydrogen-bond donors (Lipinski definition) is 2. The second-order valence-electron chi connectivity index (χ2n) is 7.89. The summed E-state index contributed by atoms with van der Waals surface area (Å²) in [7, 11) is 1.55. The van der Waals surface area contributed by atoms with Gasteiger partial charge in [0.2, 0.25) is 0 Å². The van der Waals surface area contributed by atoms with Crippen LogP contribution >= 0.6 is 11.6 Å². The zero-order valence-corrected chi connectivity index (χ0v) is 18.7. The third-order valence-electron chi connectivity index (χ3n) is 5.60. The highest BCUT2D eigenvalue weighted by atomic mass is 35.5. The number of carbonyl (C=O) groups excluding carboxylic acids is 1. The van der Waals surface area contributed by atoms with E-state index in [0.29, 0.717) is 11.3 Å². The minimum absolute atomic E-state index is 0.0228. The van der Waals surface area contributed by atoms with Crippen LogP contribution in [0.1, 0.15) is 45.7 Å². The van der Waals surface area contributed by atoms with Crippen LogP contribution in [-0.4, -0.2) is 29.0 Å². The minimum atomic E-state index is -4.56. The summed E-state index contributed by atoms with van der Waals surface area (Å²) in [6.07, 6.45) is -4.84. The number of alkyl halides is 3. The molecule has 4 rings (SSSR count). The maximum atomic E-state index is 13.9. The van der Waals surface area contributed by atoms with Crippen molar-refractivity contribution in [3.8, 4) is 5.75 Å². The number of hydrogen-bond acceptors (Lipinski definition) is 4. The molecule has 0 fully saturated rings. The molecular weight excluding hydrogens is 457 g/mol. The predicted molar refractivity (Wildman–Crippen MR) is 119 cm³/mol. The molecule has 2 aromatic carbocycles. The Morgan fingerprint density at radius 3 is 2.48 bits per heavy atom. The summed E-state index contributed by atoms with van der Waals surface area (Å²) < 4.78 is 47.6. The maximum absolute atomic E-state index is 13.9. The fourth-order valence-corrected chi connectivity index (χ4v) is 4.03. The molecule has 0 radical (unpaired) electrons. The number of aromatic nitrogens is 2. The molecular formula is C23H22ClF3N4O2. The van der Waals surface area contributed by atoms with Crippen LogP contribution in [0.2, 0.25) is 5.02 Å². The highest BCUT2D eigenvalue weighted by Crippen LogP contribution is 2.46. The smallest absolute Gasteiger partial charge is 0.410 e. The molecule has 2 heterocycles. The summed E-state index contributed by atoms with van der Waals surface area (Å²) in [5.74, 6) is -0.0139. The first kappa shape index (κ1) is 23.0. The number of rotatable bonds is 5. The molecule has 10 heteroatoms. The van der Waals surface area contributed by atoms with Crippen molar-refractivity contribution in [1.29, 1.82) is 0 Å². The quantitative estimate of drug-likeness (QED) is 0.512. The van der Waals surface area contributed by atoms with Crippen LogP contribution in [0.15, 0.2) is 48.5 Å². The Kier molecular flexibility index (Phi) is 6.25. The van der Waals surface area contributed by atoms with Gasteiger partial charge in [-0.05, 0) is 30.2 Å². The minimum Gasteiger partial charge on any atom is -0.497 e. The summed E-state index contributed by atoms with van der Waals surface area (Å²) in [6, 6.07) is 11.7. The Hall–Kier alpha value is -3.20. The fourth-order valence-electron chi connectivity index (χ4n) is 3.76. The van der Waals surface area contributed by atoms with Crippen LogP contribution in [-0.2, 0) is 6.54 Å². The molecule has 174 valence electrons. The van der Waals surface area contributed by atoms with Crippen LogP contribution in [0.5, 0.6) is 5.75 Å². The topological polar surface area (TPSA) is 68.2 Å². The van der Waals surface area contributed by atoms with Crippen LogP contribution < -0.4 is 15.4 Å². The lowest BCUT2D eigenvalue weighted by molar-refractivity contribution is -0.173. The van der Waals surface area contributed by atoms with Crippen LogP contribution in [0.25, 0.3) is 0 Å². The standard InChI is InChI=1S/C23H22ClF3N4O2/c1-13-3-7-15(8-4-13)17-11-18(23(25,26)27)31-21(29-17)19(24)20(30-31)22(32)28-12-14-5-9-16(33-2)10-6-14/h3-10,17-18,29H,11-12H2,1-2H3,(H,28,32). The average molecular weight is 479 g/mol. The van der Waals surface area contributed by atoms with E-state index < -0.39 is 24.2 Å². The zero-order valence-electron chi connectivity index (χ0n) is 17.9. The van der Waals surface area contributed by atoms with E-state index in [4.69, 9.17) is 16.3 Å². The normalized spacial score (nSPS) is 17.8. The first-order valence-corrected chi connectivity index (χ1v) is 10.6. The van der Waals surface area contributed by atoms with E-state index in [1.807, 2.05) is 19.1 Å². The number of aryl methyl sites for hydroxylation is 1. The molecule has 0 bridgehead atoms. The summed E-state index contributed by atoms with van der Waals surface area (Å²) >= 11 is 6.36. The number of benzene rings is 2. The molecule has 2 atom stereocenters. The van der Waals surface area contributed by atoms with Gasteiger partial charge in [-0.15, -0.1) is 0 Å². The van der Waals surface area contributed by atoms with Crippen molar-refractivity contribution < 1.29 is 22.7 Å². The number of fused-ring (bicyclic) bond motifs is 1. The lowest BCUT2D eigenvalue weighted by Gasteiger charge is -2.33. The van der Waals surface area contributed by atoms with Crippen molar-refractivity contribution in [2.75, 3.05) is 12.4 Å². The second kappa shape index (κ2) is 8.97. The van der Waals surface area contributed by atoms with Crippen LogP contribution in [0, 0.1) is 6.92 Å². The van der Waals surface area contributed by atoms with E-state index in [-0.39, 0.29) is 29.5 Å². The molecule has 0 saturated carbocycles. The van der Waals surface area contributed by atoms with E-state index in [0.717, 1.165) is 15.8 Å². The predicted octanol–water partition coefficient (Wildman–Crippen LogP) is 5.44. The molecule has 0 aliphatic carbocycles. The summed E-state index contributed by atoms with van der Waals surface area (Å²) in [5, 5.41) is 9.50. The first-order chi connectivity index (χ1) is 15.7. The van der Waals surface area contributed by atoms with Crippen molar-refractivity contribution in [3.63, 3.8) is 0 Å². The Bertz CT molecular complexity index is 1140. The van der Waals surface area contributed by atoms with E-state index >= 15 is 0 Å². The Balaban J connectivity index is 1.59. The third-order valence-corrected chi connectivity index (χ3v) is 5.96. The molecule has 1 aliphatic heterocycles. The van der Waals surface area contributed by atoms with Gasteiger partial charge in [0.05, 0.1) is 13.2 Å². The van der Waals surface area contributed by atoms with Crippen molar-refractivity contribution in [1.82, 2.24) is 15.1 Å². The van der Waals surface area contributed by atoms with Gasteiger partial charge in [-0.1, -0.05) is 53.6 Å². The van der Waals surface area contributed by atoms with Gasteiger partial charge >= 0.3 is 6.18 Å². The van der Waals surface area contributed by atoms with Gasteiger partial charge in [-0.25, -0.2) is 4.68 Å². The van der Waals surface area contributed by atoms with Crippen molar-refractivity contribution in [3.05, 3.63) is 75.9 Å². The van der Waals surface area contributed by atoms with Crippen molar-refractivity contribution >= 4 is 23.3 Å². The highest BCUT2D eigenvalue weighted by molar-refractivity contribution is 6.36. The molecule has 2 unspecified atom stereocenters. The van der Waals surface area contributed by atoms with Crippen LogP contribution in [0.3, 0.4) is 0 Å². The first-order valence-electron chi connectivity index (χ1n) is 10.3. The summed E-state index contributed by atoms with van der Waals surface area (Å²) in [4.78, 5) is 12.7. The number of halogens is 4. The lowest BCUT2D eigenvalue weighted by Crippen LogP contribution is -2.35. The number of carbonyl (C=O) groups is 1.